The van der Waals surface area contributed by atoms with E-state index in [1.807, 2.05) is 25.1 Å². The van der Waals surface area contributed by atoms with Crippen molar-refractivity contribution in [3.63, 3.8) is 0 Å². The van der Waals surface area contributed by atoms with Crippen LogP contribution in [0.15, 0.2) is 31.0 Å². The number of hydrogen-bond donors (Lipinski definition) is 2. The van der Waals surface area contributed by atoms with E-state index in [0.717, 1.165) is 26.8 Å². The number of aromatic amines is 1. The second-order valence-corrected chi connectivity index (χ2v) is 7.24. The van der Waals surface area contributed by atoms with Gasteiger partial charge in [-0.1, -0.05) is 12.5 Å². The Morgan fingerprint density at radius 2 is 2.32 bits per heavy atom. The van der Waals surface area contributed by atoms with Crippen LogP contribution in [0.5, 0.6) is 0 Å². The lowest BCUT2D eigenvalue weighted by atomic mass is 10.3. The first-order valence-electron chi connectivity index (χ1n) is 8.06. The molecule has 1 aliphatic carbocycles. The minimum atomic E-state index is 0. The van der Waals surface area contributed by atoms with Crippen molar-refractivity contribution in [1.82, 2.24) is 20.2 Å². The average Bonchev–Trinajstić information content (AvgIpc) is 3.15. The fourth-order valence-corrected chi connectivity index (χ4v) is 3.39. The molecule has 0 spiro atoms. The Morgan fingerprint density at radius 3 is 3.00 bits per heavy atom. The quantitative estimate of drug-likeness (QED) is 0.649. The highest BCUT2D eigenvalue weighted by atomic mass is 32.1. The number of allylic oxidation sites excluding steroid dienone is 1. The Morgan fingerprint density at radius 1 is 1.48 bits per heavy atom. The molecule has 0 bridgehead atoms. The molecule has 126 valence electrons. The maximum atomic E-state index is 5.59. The molecular weight excluding hydrogens is 330 g/mol. The number of hydrogen-bond acceptors (Lipinski definition) is 5. The summed E-state index contributed by atoms with van der Waals surface area (Å²) in [7, 11) is 0. The molecule has 0 unspecified atom stereocenters. The molecule has 1 aliphatic rings. The van der Waals surface area contributed by atoms with Gasteiger partial charge in [-0.15, -0.1) is 17.8 Å². The lowest BCUT2D eigenvalue weighted by Gasteiger charge is -2.06. The molecule has 1 saturated carbocycles. The van der Waals surface area contributed by atoms with Gasteiger partial charge in [0.15, 0.2) is 17.5 Å². The molecule has 1 fully saturated rings. The SMILES string of the molecule is C#Cc1cnc(-c2ccc(C(=C)C)s2)nc1Nc1cc(C2CC2)[nH]n1.[HH]. The van der Waals surface area contributed by atoms with E-state index in [9.17, 15) is 0 Å². The van der Waals surface area contributed by atoms with Crippen LogP contribution in [0.25, 0.3) is 16.3 Å². The third-order valence-electron chi connectivity index (χ3n) is 4.05. The Bertz CT molecular complexity index is 994. The summed E-state index contributed by atoms with van der Waals surface area (Å²) in [6, 6.07) is 6.05. The normalized spacial score (nSPS) is 13.4. The number of nitrogens with one attached hydrogen (secondary N) is 2. The number of thiophene rings is 1. The van der Waals surface area contributed by atoms with Crippen LogP contribution in [0.4, 0.5) is 11.6 Å². The van der Waals surface area contributed by atoms with E-state index >= 15 is 0 Å². The lowest BCUT2D eigenvalue weighted by Crippen LogP contribution is -2.00. The van der Waals surface area contributed by atoms with Gasteiger partial charge in [0, 0.05) is 30.2 Å². The molecule has 5 nitrogen and oxygen atoms in total. The maximum Gasteiger partial charge on any atom is 0.171 e. The van der Waals surface area contributed by atoms with Crippen molar-refractivity contribution >= 4 is 28.5 Å². The van der Waals surface area contributed by atoms with Gasteiger partial charge in [0.05, 0.1) is 10.4 Å². The van der Waals surface area contributed by atoms with Gasteiger partial charge in [0.2, 0.25) is 0 Å². The van der Waals surface area contributed by atoms with Crippen molar-refractivity contribution < 1.29 is 1.43 Å². The molecule has 4 rings (SSSR count). The van der Waals surface area contributed by atoms with Gasteiger partial charge in [-0.3, -0.25) is 5.10 Å². The van der Waals surface area contributed by atoms with Crippen molar-refractivity contribution in [2.45, 2.75) is 25.7 Å². The second-order valence-electron chi connectivity index (χ2n) is 6.15. The van der Waals surface area contributed by atoms with Crippen molar-refractivity contribution in [2.75, 3.05) is 5.32 Å². The van der Waals surface area contributed by atoms with Crippen LogP contribution in [0.2, 0.25) is 0 Å². The Labute approximate surface area is 151 Å². The van der Waals surface area contributed by atoms with Crippen LogP contribution in [-0.4, -0.2) is 20.2 Å². The van der Waals surface area contributed by atoms with Crippen LogP contribution in [0.3, 0.4) is 0 Å². The highest BCUT2D eigenvalue weighted by molar-refractivity contribution is 7.16. The standard InChI is InChI=1S/C19H17N5S.H2/c1-4-12-10-20-19(16-8-7-15(25-16)11(2)3)22-18(12)21-17-9-14(23-24-17)13-5-6-13;/h1,7-10,13H,2,5-6H2,3H3,(H2,20,21,22,23,24);1H. The zero-order valence-electron chi connectivity index (χ0n) is 13.8. The van der Waals surface area contributed by atoms with E-state index in [-0.39, 0.29) is 1.43 Å². The number of aromatic nitrogens is 4. The zero-order valence-corrected chi connectivity index (χ0v) is 14.7. The summed E-state index contributed by atoms with van der Waals surface area (Å²) < 4.78 is 0. The second kappa shape index (κ2) is 6.19. The molecule has 3 aromatic rings. The molecule has 0 aliphatic heterocycles. The topological polar surface area (TPSA) is 66.5 Å². The molecule has 0 amide bonds. The summed E-state index contributed by atoms with van der Waals surface area (Å²) in [5, 5.41) is 10.6. The van der Waals surface area contributed by atoms with Gasteiger partial charge < -0.3 is 5.32 Å². The van der Waals surface area contributed by atoms with Crippen molar-refractivity contribution in [3.8, 4) is 23.0 Å². The molecular formula is C19H19N5S. The molecule has 3 aromatic heterocycles. The zero-order chi connectivity index (χ0) is 17.4. The van der Waals surface area contributed by atoms with Crippen LogP contribution in [0.1, 0.15) is 43.2 Å². The third kappa shape index (κ3) is 3.19. The molecule has 0 atom stereocenters. The fourth-order valence-electron chi connectivity index (χ4n) is 2.51. The van der Waals surface area contributed by atoms with E-state index in [0.29, 0.717) is 23.1 Å². The summed E-state index contributed by atoms with van der Waals surface area (Å²) >= 11 is 1.61. The first-order chi connectivity index (χ1) is 12.1. The van der Waals surface area contributed by atoms with E-state index < -0.39 is 0 Å². The summed E-state index contributed by atoms with van der Waals surface area (Å²) in [4.78, 5) is 11.1. The number of anilines is 2. The summed E-state index contributed by atoms with van der Waals surface area (Å²) in [5.41, 5.74) is 2.79. The summed E-state index contributed by atoms with van der Waals surface area (Å²) in [6.07, 6.45) is 9.70. The van der Waals surface area contributed by atoms with Crippen molar-refractivity contribution in [1.29, 1.82) is 0 Å². The van der Waals surface area contributed by atoms with Gasteiger partial charge in [-0.25, -0.2) is 9.97 Å². The van der Waals surface area contributed by atoms with Crippen LogP contribution >= 0.6 is 11.3 Å². The molecule has 25 heavy (non-hydrogen) atoms. The molecule has 6 heteroatoms. The molecule has 0 aromatic carbocycles. The van der Waals surface area contributed by atoms with Crippen LogP contribution in [-0.2, 0) is 0 Å². The summed E-state index contributed by atoms with van der Waals surface area (Å²) in [5.74, 6) is 5.18. The summed E-state index contributed by atoms with van der Waals surface area (Å²) in [6.45, 7) is 5.96. The first kappa shape index (κ1) is 15.6. The Hall–Kier alpha value is -2.91. The average molecular weight is 349 g/mol. The highest BCUT2D eigenvalue weighted by Gasteiger charge is 2.25. The number of nitrogens with zero attached hydrogens (tertiary/aromatic N) is 3. The van der Waals surface area contributed by atoms with Gasteiger partial charge in [0.1, 0.15) is 0 Å². The van der Waals surface area contributed by atoms with E-state index in [1.54, 1.807) is 17.5 Å². The van der Waals surface area contributed by atoms with E-state index in [4.69, 9.17) is 6.42 Å². The molecule has 0 saturated heterocycles. The largest absolute Gasteiger partial charge is 0.322 e. The Kier molecular flexibility index (Phi) is 3.86. The van der Waals surface area contributed by atoms with Gasteiger partial charge >= 0.3 is 0 Å². The minimum absolute atomic E-state index is 0. The smallest absolute Gasteiger partial charge is 0.171 e. The molecule has 3 heterocycles. The van der Waals surface area contributed by atoms with Gasteiger partial charge in [-0.05, 0) is 37.5 Å². The van der Waals surface area contributed by atoms with E-state index in [2.05, 4.69) is 38.0 Å². The number of rotatable bonds is 5. The van der Waals surface area contributed by atoms with Gasteiger partial charge in [0.25, 0.3) is 0 Å². The predicted molar refractivity (Wildman–Crippen MR) is 104 cm³/mol. The van der Waals surface area contributed by atoms with Crippen LogP contribution in [0, 0.1) is 12.3 Å². The third-order valence-corrected chi connectivity index (χ3v) is 5.30. The minimum Gasteiger partial charge on any atom is -0.322 e. The van der Waals surface area contributed by atoms with Crippen molar-refractivity contribution in [3.05, 3.63) is 47.1 Å². The predicted octanol–water partition coefficient (Wildman–Crippen LogP) is 4.81. The van der Waals surface area contributed by atoms with Gasteiger partial charge in [-0.2, -0.15) is 5.10 Å². The fraction of sp³-hybridized carbons (Fsp3) is 0.211. The van der Waals surface area contributed by atoms with E-state index in [1.165, 1.54) is 12.8 Å². The van der Waals surface area contributed by atoms with Crippen LogP contribution < -0.4 is 5.32 Å². The highest BCUT2D eigenvalue weighted by Crippen LogP contribution is 2.39. The monoisotopic (exact) mass is 349 g/mol. The molecule has 2 N–H and O–H groups in total. The number of H-pyrrole nitrogens is 1. The molecule has 0 radical (unpaired) electrons. The lowest BCUT2D eigenvalue weighted by molar-refractivity contribution is 0.966. The first-order valence-corrected chi connectivity index (χ1v) is 8.88. The van der Waals surface area contributed by atoms with Crippen molar-refractivity contribution in [2.24, 2.45) is 0 Å². The number of terminal acetylenes is 1. The Balaban J connectivity index is 0.00000196. The maximum absolute atomic E-state index is 5.59.